The van der Waals surface area contributed by atoms with Gasteiger partial charge in [0.1, 0.15) is 0 Å². The molecule has 0 radical (unpaired) electrons. The van der Waals surface area contributed by atoms with E-state index in [4.69, 9.17) is 0 Å². The van der Waals surface area contributed by atoms with E-state index in [1.54, 1.807) is 0 Å². The van der Waals surface area contributed by atoms with Gasteiger partial charge in [0.2, 0.25) is 5.91 Å². The fraction of sp³-hybridized carbons (Fsp3) is 0.304. The van der Waals surface area contributed by atoms with Crippen LogP contribution < -0.4 is 15.8 Å². The van der Waals surface area contributed by atoms with Gasteiger partial charge in [0.05, 0.1) is 0 Å². The lowest BCUT2D eigenvalue weighted by Gasteiger charge is -2.17. The van der Waals surface area contributed by atoms with E-state index in [0.29, 0.717) is 12.0 Å². The summed E-state index contributed by atoms with van der Waals surface area (Å²) in [4.78, 5) is 29.9. The highest BCUT2D eigenvalue weighted by Crippen LogP contribution is 2.22. The number of pyridine rings is 1. The van der Waals surface area contributed by atoms with Crippen LogP contribution in [0.3, 0.4) is 0 Å². The molecule has 0 bridgehead atoms. The second-order valence-corrected chi connectivity index (χ2v) is 7.50. The average molecular weight is 375 g/mol. The number of aryl methyl sites for hydroxylation is 2. The quantitative estimate of drug-likeness (QED) is 0.708. The number of hydrogen-bond acceptors (Lipinski definition) is 3. The molecule has 0 unspecified atom stereocenters. The molecule has 2 heterocycles. The predicted octanol–water partition coefficient (Wildman–Crippen LogP) is 4.01. The van der Waals surface area contributed by atoms with E-state index in [0.717, 1.165) is 35.2 Å². The number of anilines is 2. The summed E-state index contributed by atoms with van der Waals surface area (Å²) in [7, 11) is 0. The van der Waals surface area contributed by atoms with Crippen LogP contribution in [0, 0.1) is 6.92 Å². The first-order valence-corrected chi connectivity index (χ1v) is 9.86. The first-order chi connectivity index (χ1) is 13.6. The van der Waals surface area contributed by atoms with Gasteiger partial charge in [-0.05, 0) is 73.5 Å². The molecule has 1 aromatic heterocycles. The second kappa shape index (κ2) is 7.89. The number of aromatic nitrogens is 1. The first-order valence-electron chi connectivity index (χ1n) is 9.86. The SMILES string of the molecule is Cc1ccc2cc(CCC(=O)Nc3ccc(N4CCCC4)cc3)c(=O)[nH]c2c1. The van der Waals surface area contributed by atoms with E-state index >= 15 is 0 Å². The number of nitrogens with zero attached hydrogens (tertiary/aromatic N) is 1. The molecule has 4 rings (SSSR count). The highest BCUT2D eigenvalue weighted by molar-refractivity contribution is 5.91. The summed E-state index contributed by atoms with van der Waals surface area (Å²) in [6.45, 7) is 4.20. The van der Waals surface area contributed by atoms with Gasteiger partial charge in [0.25, 0.3) is 5.56 Å². The number of carbonyl (C=O) groups excluding carboxylic acids is 1. The summed E-state index contributed by atoms with van der Waals surface area (Å²) < 4.78 is 0. The lowest BCUT2D eigenvalue weighted by Crippen LogP contribution is -2.18. The maximum atomic E-state index is 12.3. The standard InChI is InChI=1S/C23H25N3O2/c1-16-4-5-17-15-18(23(28)25-21(17)14-16)6-11-22(27)24-19-7-9-20(10-8-19)26-12-2-3-13-26/h4-5,7-10,14-15H,2-3,6,11-13H2,1H3,(H,24,27)(H,25,28). The van der Waals surface area contributed by atoms with E-state index in [1.807, 2.05) is 43.3 Å². The van der Waals surface area contributed by atoms with Crippen LogP contribution in [0.4, 0.5) is 11.4 Å². The molecule has 1 saturated heterocycles. The van der Waals surface area contributed by atoms with E-state index < -0.39 is 0 Å². The number of amides is 1. The molecule has 5 heteroatoms. The van der Waals surface area contributed by atoms with Gasteiger partial charge >= 0.3 is 0 Å². The van der Waals surface area contributed by atoms with Crippen LogP contribution in [0.25, 0.3) is 10.9 Å². The lowest BCUT2D eigenvalue weighted by molar-refractivity contribution is -0.116. The molecule has 3 aromatic rings. The van der Waals surface area contributed by atoms with Gasteiger partial charge in [-0.15, -0.1) is 0 Å². The lowest BCUT2D eigenvalue weighted by atomic mass is 10.1. The summed E-state index contributed by atoms with van der Waals surface area (Å²) in [6, 6.07) is 15.8. The van der Waals surface area contributed by atoms with Crippen LogP contribution in [0.2, 0.25) is 0 Å². The third-order valence-corrected chi connectivity index (χ3v) is 5.32. The van der Waals surface area contributed by atoms with Crippen LogP contribution in [-0.2, 0) is 11.2 Å². The average Bonchev–Trinajstić information content (AvgIpc) is 3.22. The summed E-state index contributed by atoms with van der Waals surface area (Å²) in [5.41, 5.74) is 4.43. The zero-order valence-electron chi connectivity index (χ0n) is 16.1. The smallest absolute Gasteiger partial charge is 0.251 e. The van der Waals surface area contributed by atoms with Crippen molar-refractivity contribution in [3.8, 4) is 0 Å². The Bertz CT molecular complexity index is 1050. The number of hydrogen-bond donors (Lipinski definition) is 2. The fourth-order valence-corrected chi connectivity index (χ4v) is 3.75. The van der Waals surface area contributed by atoms with E-state index in [2.05, 4.69) is 27.3 Å². The number of H-pyrrole nitrogens is 1. The molecule has 0 atom stereocenters. The highest BCUT2D eigenvalue weighted by Gasteiger charge is 2.12. The van der Waals surface area contributed by atoms with Crippen LogP contribution in [0.15, 0.2) is 53.3 Å². The Hall–Kier alpha value is -3.08. The molecule has 0 saturated carbocycles. The number of aromatic amines is 1. The Balaban J connectivity index is 1.37. The number of nitrogens with one attached hydrogen (secondary N) is 2. The van der Waals surface area contributed by atoms with Crippen molar-refractivity contribution in [3.05, 3.63) is 70.0 Å². The Morgan fingerprint density at radius 2 is 1.82 bits per heavy atom. The molecule has 1 aliphatic rings. The number of fused-ring (bicyclic) bond motifs is 1. The Labute approximate surface area is 164 Å². The number of rotatable bonds is 5. The molecule has 2 aromatic carbocycles. The second-order valence-electron chi connectivity index (χ2n) is 7.50. The van der Waals surface area contributed by atoms with Crippen LogP contribution in [0.1, 0.15) is 30.4 Å². The molecule has 1 aliphatic heterocycles. The molecule has 28 heavy (non-hydrogen) atoms. The van der Waals surface area contributed by atoms with E-state index in [1.165, 1.54) is 18.5 Å². The minimum Gasteiger partial charge on any atom is -0.372 e. The van der Waals surface area contributed by atoms with Crippen LogP contribution in [-0.4, -0.2) is 24.0 Å². The Morgan fingerprint density at radius 1 is 1.07 bits per heavy atom. The summed E-state index contributed by atoms with van der Waals surface area (Å²) in [6.07, 6.45) is 3.17. The largest absolute Gasteiger partial charge is 0.372 e. The minimum atomic E-state index is -0.124. The third-order valence-electron chi connectivity index (χ3n) is 5.32. The summed E-state index contributed by atoms with van der Waals surface area (Å²) >= 11 is 0. The molecule has 0 spiro atoms. The zero-order valence-corrected chi connectivity index (χ0v) is 16.1. The zero-order chi connectivity index (χ0) is 19.5. The van der Waals surface area contributed by atoms with Crippen LogP contribution >= 0.6 is 0 Å². The summed E-state index contributed by atoms with van der Waals surface area (Å²) in [5, 5.41) is 3.91. The van der Waals surface area contributed by atoms with E-state index in [9.17, 15) is 9.59 Å². The molecular formula is C23H25N3O2. The van der Waals surface area contributed by atoms with Gasteiger partial charge in [-0.1, -0.05) is 12.1 Å². The number of benzene rings is 2. The fourth-order valence-electron chi connectivity index (χ4n) is 3.75. The van der Waals surface area contributed by atoms with Gasteiger partial charge < -0.3 is 15.2 Å². The van der Waals surface area contributed by atoms with Crippen molar-refractivity contribution in [1.29, 1.82) is 0 Å². The van der Waals surface area contributed by atoms with Gasteiger partial charge in [0.15, 0.2) is 0 Å². The molecule has 2 N–H and O–H groups in total. The topological polar surface area (TPSA) is 65.2 Å². The van der Waals surface area contributed by atoms with Crippen molar-refractivity contribution in [1.82, 2.24) is 4.98 Å². The Morgan fingerprint density at radius 3 is 2.57 bits per heavy atom. The summed E-state index contributed by atoms with van der Waals surface area (Å²) in [5.74, 6) is -0.0858. The minimum absolute atomic E-state index is 0.0858. The highest BCUT2D eigenvalue weighted by atomic mass is 16.1. The van der Waals surface area contributed by atoms with Crippen molar-refractivity contribution < 1.29 is 4.79 Å². The molecular weight excluding hydrogens is 350 g/mol. The maximum absolute atomic E-state index is 12.3. The van der Waals surface area contributed by atoms with E-state index in [-0.39, 0.29) is 17.9 Å². The molecule has 1 fully saturated rings. The molecule has 144 valence electrons. The predicted molar refractivity (Wildman–Crippen MR) is 114 cm³/mol. The van der Waals surface area contributed by atoms with Gasteiger partial charge in [-0.25, -0.2) is 0 Å². The van der Waals surface area contributed by atoms with Gasteiger partial charge in [0, 0.05) is 42.0 Å². The first kappa shape index (κ1) is 18.3. The third kappa shape index (κ3) is 4.09. The van der Waals surface area contributed by atoms with Crippen LogP contribution in [0.5, 0.6) is 0 Å². The monoisotopic (exact) mass is 375 g/mol. The number of carbonyl (C=O) groups is 1. The van der Waals surface area contributed by atoms with Gasteiger partial charge in [-0.2, -0.15) is 0 Å². The van der Waals surface area contributed by atoms with Crippen molar-refractivity contribution in [3.63, 3.8) is 0 Å². The van der Waals surface area contributed by atoms with Crippen molar-refractivity contribution in [2.45, 2.75) is 32.6 Å². The van der Waals surface area contributed by atoms with Crippen molar-refractivity contribution >= 4 is 28.2 Å². The Kier molecular flexibility index (Phi) is 5.15. The molecule has 1 amide bonds. The van der Waals surface area contributed by atoms with Crippen molar-refractivity contribution in [2.75, 3.05) is 23.3 Å². The van der Waals surface area contributed by atoms with Gasteiger partial charge in [-0.3, -0.25) is 9.59 Å². The maximum Gasteiger partial charge on any atom is 0.251 e. The molecule has 0 aliphatic carbocycles. The van der Waals surface area contributed by atoms with Crippen molar-refractivity contribution in [2.24, 2.45) is 0 Å². The normalized spacial score (nSPS) is 13.8. The molecule has 5 nitrogen and oxygen atoms in total.